The molecule has 2 nitrogen and oxygen atoms in total. The van der Waals surface area contributed by atoms with E-state index in [0.29, 0.717) is 0 Å². The quantitative estimate of drug-likeness (QED) is 0.750. The van der Waals surface area contributed by atoms with Crippen molar-refractivity contribution < 1.29 is 0 Å². The van der Waals surface area contributed by atoms with Crippen LogP contribution < -0.4 is 5.32 Å². The average Bonchev–Trinajstić information content (AvgIpc) is 2.87. The van der Waals surface area contributed by atoms with Crippen LogP contribution in [-0.4, -0.2) is 32.1 Å². The number of rotatable bonds is 7. The highest BCUT2D eigenvalue weighted by atomic mass is 79.9. The highest BCUT2D eigenvalue weighted by Crippen LogP contribution is 2.33. The molecule has 0 unspecified atom stereocenters. The number of nitrogens with zero attached hydrogens (tertiary/aromatic N) is 1. The van der Waals surface area contributed by atoms with Gasteiger partial charge in [0.15, 0.2) is 0 Å². The zero-order valence-corrected chi connectivity index (χ0v) is 14.4. The summed E-state index contributed by atoms with van der Waals surface area (Å²) in [6.07, 6.45) is 1.19. The Bertz CT molecular complexity index is 537. The second-order valence-corrected chi connectivity index (χ2v) is 7.10. The third-order valence-electron chi connectivity index (χ3n) is 3.06. The summed E-state index contributed by atoms with van der Waals surface area (Å²) in [5.74, 6) is 0. The van der Waals surface area contributed by atoms with Crippen LogP contribution in [0.5, 0.6) is 0 Å². The van der Waals surface area contributed by atoms with Crippen LogP contribution in [0.1, 0.15) is 11.3 Å². The van der Waals surface area contributed by atoms with E-state index in [0.717, 1.165) is 24.1 Å². The van der Waals surface area contributed by atoms with Crippen molar-refractivity contribution in [2.75, 3.05) is 27.2 Å². The van der Waals surface area contributed by atoms with Crippen molar-refractivity contribution in [1.82, 2.24) is 10.2 Å². The molecule has 108 valence electrons. The van der Waals surface area contributed by atoms with E-state index in [1.165, 1.54) is 21.7 Å². The molecule has 0 amide bonds. The molecule has 0 saturated heterocycles. The first-order valence-electron chi connectivity index (χ1n) is 6.86. The number of hydrogen-bond acceptors (Lipinski definition) is 3. The van der Waals surface area contributed by atoms with Crippen LogP contribution in [-0.2, 0) is 6.54 Å². The standard InChI is InChI=1S/C16H21BrN2S/c1-19(2)11-5-10-18-12-13-8-9-16(20-13)14-6-3-4-7-15(14)17/h3-4,6-9,18H,5,10-12H2,1-2H3. The van der Waals surface area contributed by atoms with E-state index >= 15 is 0 Å². The fraction of sp³-hybridized carbons (Fsp3) is 0.375. The molecule has 0 aliphatic heterocycles. The van der Waals surface area contributed by atoms with Crippen LogP contribution in [0.2, 0.25) is 0 Å². The first kappa shape index (κ1) is 15.7. The molecule has 2 aromatic rings. The Balaban J connectivity index is 1.85. The molecule has 0 radical (unpaired) electrons. The molecular weight excluding hydrogens is 332 g/mol. The third kappa shape index (κ3) is 4.70. The molecule has 0 bridgehead atoms. The maximum Gasteiger partial charge on any atom is 0.0357 e. The minimum atomic E-state index is 0.961. The number of hydrogen-bond donors (Lipinski definition) is 1. The lowest BCUT2D eigenvalue weighted by Crippen LogP contribution is -2.20. The van der Waals surface area contributed by atoms with Gasteiger partial charge in [0.2, 0.25) is 0 Å². The summed E-state index contributed by atoms with van der Waals surface area (Å²) in [7, 11) is 4.23. The Labute approximate surface area is 133 Å². The fourth-order valence-corrected chi connectivity index (χ4v) is 3.66. The molecule has 2 rings (SSSR count). The van der Waals surface area contributed by atoms with E-state index in [4.69, 9.17) is 0 Å². The predicted octanol–water partition coefficient (Wildman–Crippen LogP) is 4.22. The summed E-state index contributed by atoms with van der Waals surface area (Å²) in [5, 5.41) is 3.51. The summed E-state index contributed by atoms with van der Waals surface area (Å²) < 4.78 is 1.16. The van der Waals surface area contributed by atoms with Crippen molar-refractivity contribution in [2.24, 2.45) is 0 Å². The lowest BCUT2D eigenvalue weighted by atomic mass is 10.2. The molecule has 0 aliphatic carbocycles. The van der Waals surface area contributed by atoms with Gasteiger partial charge >= 0.3 is 0 Å². The minimum Gasteiger partial charge on any atom is -0.312 e. The highest BCUT2D eigenvalue weighted by molar-refractivity contribution is 9.10. The van der Waals surface area contributed by atoms with Gasteiger partial charge in [-0.1, -0.05) is 34.1 Å². The van der Waals surface area contributed by atoms with Gasteiger partial charge in [-0.25, -0.2) is 0 Å². The van der Waals surface area contributed by atoms with E-state index < -0.39 is 0 Å². The fourth-order valence-electron chi connectivity index (χ4n) is 2.01. The summed E-state index contributed by atoms with van der Waals surface area (Å²) in [6, 6.07) is 12.8. The Kier molecular flexibility index (Phi) is 6.23. The monoisotopic (exact) mass is 352 g/mol. The predicted molar refractivity (Wildman–Crippen MR) is 92.3 cm³/mol. The van der Waals surface area contributed by atoms with E-state index in [9.17, 15) is 0 Å². The van der Waals surface area contributed by atoms with Gasteiger partial charge < -0.3 is 10.2 Å². The summed E-state index contributed by atoms with van der Waals surface area (Å²) in [5.41, 5.74) is 1.27. The van der Waals surface area contributed by atoms with Crippen molar-refractivity contribution >= 4 is 27.3 Å². The molecule has 0 aliphatic rings. The number of thiophene rings is 1. The van der Waals surface area contributed by atoms with Crippen LogP contribution >= 0.6 is 27.3 Å². The molecule has 4 heteroatoms. The molecule has 0 atom stereocenters. The highest BCUT2D eigenvalue weighted by Gasteiger charge is 2.05. The Morgan fingerprint density at radius 3 is 2.70 bits per heavy atom. The van der Waals surface area contributed by atoms with Crippen LogP contribution in [0, 0.1) is 0 Å². The summed E-state index contributed by atoms with van der Waals surface area (Å²) in [6.45, 7) is 3.17. The molecule has 0 fully saturated rings. The Morgan fingerprint density at radius 2 is 1.95 bits per heavy atom. The van der Waals surface area contributed by atoms with Gasteiger partial charge in [0, 0.05) is 26.3 Å². The summed E-state index contributed by atoms with van der Waals surface area (Å²) >= 11 is 5.48. The van der Waals surface area contributed by atoms with Crippen LogP contribution in [0.25, 0.3) is 10.4 Å². The van der Waals surface area contributed by atoms with Crippen LogP contribution in [0.15, 0.2) is 40.9 Å². The maximum atomic E-state index is 3.62. The zero-order chi connectivity index (χ0) is 14.4. The van der Waals surface area contributed by atoms with Gasteiger partial charge in [0.25, 0.3) is 0 Å². The maximum absolute atomic E-state index is 3.62. The minimum absolute atomic E-state index is 0.961. The number of benzene rings is 1. The second kappa shape index (κ2) is 7.93. The van der Waals surface area contributed by atoms with Gasteiger partial charge in [-0.2, -0.15) is 0 Å². The first-order valence-corrected chi connectivity index (χ1v) is 8.47. The summed E-state index contributed by atoms with van der Waals surface area (Å²) in [4.78, 5) is 4.93. The normalized spacial score (nSPS) is 11.2. The lowest BCUT2D eigenvalue weighted by Gasteiger charge is -2.09. The topological polar surface area (TPSA) is 15.3 Å². The van der Waals surface area contributed by atoms with Crippen molar-refractivity contribution in [1.29, 1.82) is 0 Å². The van der Waals surface area contributed by atoms with Gasteiger partial charge in [-0.15, -0.1) is 11.3 Å². The van der Waals surface area contributed by atoms with E-state index in [1.54, 1.807) is 0 Å². The van der Waals surface area contributed by atoms with Crippen molar-refractivity contribution in [3.05, 3.63) is 45.7 Å². The van der Waals surface area contributed by atoms with Crippen molar-refractivity contribution in [3.8, 4) is 10.4 Å². The molecule has 20 heavy (non-hydrogen) atoms. The first-order chi connectivity index (χ1) is 9.66. The third-order valence-corrected chi connectivity index (χ3v) is 4.87. The SMILES string of the molecule is CN(C)CCCNCc1ccc(-c2ccccc2Br)s1. The van der Waals surface area contributed by atoms with Gasteiger partial charge in [-0.3, -0.25) is 0 Å². The van der Waals surface area contributed by atoms with E-state index in [-0.39, 0.29) is 0 Å². The van der Waals surface area contributed by atoms with Gasteiger partial charge in [0.05, 0.1) is 0 Å². The molecular formula is C16H21BrN2S. The molecule has 1 aromatic heterocycles. The largest absolute Gasteiger partial charge is 0.312 e. The second-order valence-electron chi connectivity index (χ2n) is 5.08. The molecule has 1 heterocycles. The Hall–Kier alpha value is -0.680. The Morgan fingerprint density at radius 1 is 1.15 bits per heavy atom. The smallest absolute Gasteiger partial charge is 0.0357 e. The number of halogens is 1. The van der Waals surface area contributed by atoms with Crippen molar-refractivity contribution in [2.45, 2.75) is 13.0 Å². The lowest BCUT2D eigenvalue weighted by molar-refractivity contribution is 0.394. The van der Waals surface area contributed by atoms with E-state index in [2.05, 4.69) is 76.6 Å². The van der Waals surface area contributed by atoms with Crippen LogP contribution in [0.4, 0.5) is 0 Å². The zero-order valence-electron chi connectivity index (χ0n) is 12.0. The molecule has 1 aromatic carbocycles. The molecule has 0 saturated carbocycles. The van der Waals surface area contributed by atoms with Gasteiger partial charge in [-0.05, 0) is 51.8 Å². The van der Waals surface area contributed by atoms with Crippen molar-refractivity contribution in [3.63, 3.8) is 0 Å². The van der Waals surface area contributed by atoms with Crippen LogP contribution in [0.3, 0.4) is 0 Å². The molecule has 1 N–H and O–H groups in total. The number of nitrogens with one attached hydrogen (secondary N) is 1. The van der Waals surface area contributed by atoms with E-state index in [1.807, 2.05) is 11.3 Å². The molecule has 0 spiro atoms. The average molecular weight is 353 g/mol. The van der Waals surface area contributed by atoms with Gasteiger partial charge in [0.1, 0.15) is 0 Å².